The summed E-state index contributed by atoms with van der Waals surface area (Å²) in [5.74, 6) is -9.86. The molecule has 468 valence electrons. The van der Waals surface area contributed by atoms with Crippen molar-refractivity contribution in [3.63, 3.8) is 0 Å². The highest BCUT2D eigenvalue weighted by molar-refractivity contribution is 8.76. The number of carboxylic acid groups (broad SMARTS) is 1. The maximum Gasteiger partial charge on any atom is 0.321 e. The number of ketones is 3. The predicted octanol–water partition coefficient (Wildman–Crippen LogP) is -2.37. The number of fused-ring (bicyclic) bond motifs is 1. The zero-order valence-corrected chi connectivity index (χ0v) is 50.8. The smallest absolute Gasteiger partial charge is 0.321 e. The number of aromatic amines is 1. The number of nitrogens with two attached hydrogens (primary N) is 5. The van der Waals surface area contributed by atoms with E-state index in [1.807, 2.05) is 5.48 Å². The Kier molecular flexibility index (Phi) is 33.6. The van der Waals surface area contributed by atoms with Gasteiger partial charge in [0.1, 0.15) is 36.3 Å². The molecule has 0 saturated carbocycles. The van der Waals surface area contributed by atoms with Gasteiger partial charge in [0.15, 0.2) is 5.78 Å². The van der Waals surface area contributed by atoms with Crippen LogP contribution in [0.15, 0.2) is 54.9 Å². The van der Waals surface area contributed by atoms with Gasteiger partial charge in [-0.15, -0.1) is 0 Å². The summed E-state index contributed by atoms with van der Waals surface area (Å²) in [6, 6.07) is -6.49. The number of benzene rings is 1. The van der Waals surface area contributed by atoms with Crippen molar-refractivity contribution in [3.8, 4) is 0 Å². The number of hydroxylamine groups is 1. The van der Waals surface area contributed by atoms with Crippen LogP contribution in [0, 0.1) is 5.92 Å². The van der Waals surface area contributed by atoms with E-state index >= 15 is 0 Å². The van der Waals surface area contributed by atoms with Gasteiger partial charge >= 0.3 is 5.97 Å². The van der Waals surface area contributed by atoms with Crippen molar-refractivity contribution in [2.24, 2.45) is 34.6 Å². The van der Waals surface area contributed by atoms with Crippen LogP contribution < -0.4 is 71.6 Å². The monoisotopic (exact) mass is 1250 g/mol. The van der Waals surface area contributed by atoms with Gasteiger partial charge in [-0.1, -0.05) is 66.8 Å². The van der Waals surface area contributed by atoms with Gasteiger partial charge in [0, 0.05) is 52.7 Å². The Morgan fingerprint density at radius 2 is 1.14 bits per heavy atom. The number of Topliss-reactive ketones (excluding diaryl/α,β-unsaturated/α-hetero) is 3. The Bertz CT molecular complexity index is 2630. The van der Waals surface area contributed by atoms with Gasteiger partial charge in [0.2, 0.25) is 52.9 Å². The van der Waals surface area contributed by atoms with Crippen molar-refractivity contribution in [1.82, 2.24) is 47.9 Å². The molecule has 28 nitrogen and oxygen atoms in total. The van der Waals surface area contributed by atoms with Crippen LogP contribution in [0.25, 0.3) is 10.9 Å². The van der Waals surface area contributed by atoms with Crippen molar-refractivity contribution in [1.29, 1.82) is 0 Å². The number of aliphatic hydroxyl groups excluding tert-OH is 1. The van der Waals surface area contributed by atoms with Gasteiger partial charge in [-0.05, 0) is 74.2 Å². The van der Waals surface area contributed by atoms with E-state index in [0.717, 1.165) is 21.6 Å². The van der Waals surface area contributed by atoms with Crippen LogP contribution in [0.5, 0.6) is 0 Å². The van der Waals surface area contributed by atoms with Crippen molar-refractivity contribution < 1.29 is 68.2 Å². The Morgan fingerprint density at radius 3 is 1.70 bits per heavy atom. The third-order valence-corrected chi connectivity index (χ3v) is 16.5. The second-order valence-electron chi connectivity index (χ2n) is 20.0. The lowest BCUT2D eigenvalue weighted by Gasteiger charge is -2.29. The molecule has 1 aromatic carbocycles. The number of aliphatic hydroxyl groups is 1. The number of hydrazine groups is 1. The summed E-state index contributed by atoms with van der Waals surface area (Å²) in [7, 11) is 2.24. The van der Waals surface area contributed by atoms with Crippen molar-refractivity contribution in [2.45, 2.75) is 139 Å². The number of aliphatic carboxylic acids is 1. The maximum atomic E-state index is 14.6. The van der Waals surface area contributed by atoms with Crippen LogP contribution in [-0.4, -0.2) is 187 Å². The maximum absolute atomic E-state index is 14.6. The number of carboxylic acids is 1. The minimum atomic E-state index is -1.67. The molecule has 7 amide bonds. The number of rotatable bonds is 45. The lowest BCUT2D eigenvalue weighted by Crippen LogP contribution is -2.62. The minimum Gasteiger partial charge on any atom is -0.480 e. The van der Waals surface area contributed by atoms with Crippen LogP contribution in [0.4, 0.5) is 0 Å². The van der Waals surface area contributed by atoms with E-state index in [9.17, 15) is 63.1 Å². The van der Waals surface area contributed by atoms with Crippen molar-refractivity contribution >= 4 is 121 Å². The summed E-state index contributed by atoms with van der Waals surface area (Å²) in [6.07, 6.45) is 1.54. The minimum absolute atomic E-state index is 0.0484. The van der Waals surface area contributed by atoms with Gasteiger partial charge in [-0.3, -0.25) is 52.7 Å². The van der Waals surface area contributed by atoms with Crippen LogP contribution >= 0.6 is 45.1 Å². The molecule has 0 spiro atoms. The first kappa shape index (κ1) is 74.0. The summed E-state index contributed by atoms with van der Waals surface area (Å²) in [5, 5.41) is 43.7. The van der Waals surface area contributed by atoms with Crippen molar-refractivity contribution in [3.05, 3.63) is 60.5 Å². The van der Waals surface area contributed by atoms with Gasteiger partial charge in [-0.25, -0.2) is 10.9 Å². The zero-order chi connectivity index (χ0) is 63.4. The standard InChI is InChI=1S/C52H82N14O14S4/c1-25(2)18-38(66-80)47(73)46(72)37(20-42(56)69)59-27(4)34(15-17-82-7)61-49(75)36(12-13-41(55)68)62-50(76)40(21-43(57)70)65-64-39(19-29-22-58-35-11-9-8-10-30(29)35)51(77)63-44(28(5)67)45(71)26(3)33(14-16-81-6)60-48(74)31(53)23-83-84-24-32(54)52(78)79/h8-11,22,25,28,31-34,36-40,44,58-59,64-67,80H,3-4,12-21,23-24,53-54H2,1-2,5-7H3,(H2,55,68)(H2,56,69)(H2,57,70)(H,60,74)(H,61,75)(H,62,76)(H,63,77)(H,78,79)/t28-,31?,32?,33+,34+,36+,37+,38+,39+,40+,44+/m1/s1. The number of hydrogen-bond donors (Lipinski definition) is 17. The molecule has 0 aliphatic rings. The topological polar surface area (TPSA) is 491 Å². The molecule has 0 aliphatic carbocycles. The average molecular weight is 1260 g/mol. The molecule has 2 rings (SSSR count). The van der Waals surface area contributed by atoms with E-state index in [2.05, 4.69) is 55.6 Å². The second kappa shape index (κ2) is 38.1. The number of H-pyrrole nitrogens is 1. The van der Waals surface area contributed by atoms with E-state index in [-0.39, 0.29) is 54.4 Å². The quantitative estimate of drug-likeness (QED) is 0.0108. The summed E-state index contributed by atoms with van der Waals surface area (Å²) in [5.41, 5.74) is 36.5. The highest BCUT2D eigenvalue weighted by Crippen LogP contribution is 2.23. The highest BCUT2D eigenvalue weighted by atomic mass is 33.1. The molecule has 0 saturated heterocycles. The molecule has 84 heavy (non-hydrogen) atoms. The molecule has 1 heterocycles. The molecule has 0 fully saturated rings. The number of carbonyl (C=O) groups is 11. The number of nitrogens with one attached hydrogen (secondary N) is 9. The summed E-state index contributed by atoms with van der Waals surface area (Å²) in [6.45, 7) is 12.7. The molecular formula is C52H82N14O14S4. The molecule has 1 aromatic heterocycles. The van der Waals surface area contributed by atoms with Gasteiger partial charge in [0.05, 0.1) is 43.1 Å². The molecule has 11 atom stereocenters. The van der Waals surface area contributed by atoms with Crippen LogP contribution in [0.2, 0.25) is 0 Å². The molecule has 0 radical (unpaired) electrons. The second-order valence-corrected chi connectivity index (χ2v) is 24.6. The molecule has 2 unspecified atom stereocenters. The zero-order valence-electron chi connectivity index (χ0n) is 47.6. The highest BCUT2D eigenvalue weighted by Gasteiger charge is 2.37. The lowest BCUT2D eigenvalue weighted by atomic mass is 9.94. The first-order chi connectivity index (χ1) is 39.6. The largest absolute Gasteiger partial charge is 0.480 e. The van der Waals surface area contributed by atoms with Gasteiger partial charge in [0.25, 0.3) is 0 Å². The number of amides is 7. The Balaban J connectivity index is 2.51. The van der Waals surface area contributed by atoms with E-state index in [0.29, 0.717) is 28.0 Å². The predicted molar refractivity (Wildman–Crippen MR) is 324 cm³/mol. The third kappa shape index (κ3) is 25.6. The van der Waals surface area contributed by atoms with E-state index in [1.165, 1.54) is 30.4 Å². The van der Waals surface area contributed by atoms with E-state index < -0.39 is 157 Å². The van der Waals surface area contributed by atoms with Crippen molar-refractivity contribution in [2.75, 3.05) is 35.5 Å². The van der Waals surface area contributed by atoms with Crippen LogP contribution in [-0.2, 0) is 59.2 Å². The first-order valence-corrected chi connectivity index (χ1v) is 31.8. The number of aromatic nitrogens is 1. The van der Waals surface area contributed by atoms with Crippen LogP contribution in [0.3, 0.4) is 0 Å². The van der Waals surface area contributed by atoms with E-state index in [1.54, 1.807) is 56.8 Å². The van der Waals surface area contributed by atoms with Gasteiger partial charge < -0.3 is 75.7 Å². The van der Waals surface area contributed by atoms with Crippen LogP contribution in [0.1, 0.15) is 71.3 Å². The Morgan fingerprint density at radius 1 is 0.619 bits per heavy atom. The summed E-state index contributed by atoms with van der Waals surface area (Å²) in [4.78, 5) is 148. The number of thioether (sulfide) groups is 2. The first-order valence-electron chi connectivity index (χ1n) is 26.5. The molecule has 22 N–H and O–H groups in total. The fraction of sp³-hybridized carbons (Fsp3) is 0.558. The number of para-hydroxylation sites is 1. The molecule has 32 heteroatoms. The fourth-order valence-electron chi connectivity index (χ4n) is 8.05. The number of primary amides is 3. The Labute approximate surface area is 503 Å². The van der Waals surface area contributed by atoms with Gasteiger partial charge in [-0.2, -0.15) is 29.0 Å². The average Bonchev–Trinajstić information content (AvgIpc) is 4.02. The fourth-order valence-corrected chi connectivity index (χ4v) is 11.2. The molecule has 0 bridgehead atoms. The molecular weight excluding hydrogens is 1170 g/mol. The molecule has 0 aliphatic heterocycles. The summed E-state index contributed by atoms with van der Waals surface area (Å²) < 4.78 is 0. The van der Waals surface area contributed by atoms with E-state index in [4.69, 9.17) is 33.8 Å². The number of hydrogen-bond acceptors (Lipinski definition) is 23. The molecule has 2 aromatic rings. The normalized spacial score (nSPS) is 15.3. The lowest BCUT2D eigenvalue weighted by molar-refractivity contribution is -0.141. The summed E-state index contributed by atoms with van der Waals surface area (Å²) >= 11 is 2.76. The number of carbonyl (C=O) groups excluding carboxylic acids is 10. The third-order valence-electron chi connectivity index (χ3n) is 12.7. The Hall–Kier alpha value is -6.07. The SMILES string of the molecule is C=C(N[C@@H](CC(N)=O)C(=O)C(=O)[C@H](CC(C)C)NO)[C@H](CCSC)NC(=O)[C@H](CCC(N)=O)NC(=O)[C@H](CC(N)=O)NN[C@@H](Cc1c[nH]c2ccccc12)C(=O)N[C@H](C(=O)C(=C)[C@H](CCSC)NC(=O)C(N)CSSCC(N)C(=O)O)[C@@H](C)O.